The van der Waals surface area contributed by atoms with Crippen molar-refractivity contribution in [3.05, 3.63) is 29.8 Å². The maximum atomic E-state index is 11.5. The highest BCUT2D eigenvalue weighted by Gasteiger charge is 2.24. The molecule has 20 heavy (non-hydrogen) atoms. The minimum absolute atomic E-state index is 0.257. The lowest BCUT2D eigenvalue weighted by Gasteiger charge is -2.17. The van der Waals surface area contributed by atoms with Gasteiger partial charge in [-0.1, -0.05) is 12.1 Å². The summed E-state index contributed by atoms with van der Waals surface area (Å²) in [4.78, 5) is 13.1. The molecule has 3 rings (SSSR count). The molecule has 0 bridgehead atoms. The molecule has 1 aromatic carbocycles. The minimum Gasteiger partial charge on any atom is -0.447 e. The Hall–Kier alpha value is -1.59. The van der Waals surface area contributed by atoms with Crippen molar-refractivity contribution in [2.24, 2.45) is 0 Å². The standard InChI is InChI=1S/C15H20N2O3/c1-11-14(6-8-19-11)16-10-12-2-4-13(5-3-12)17-7-9-20-15(17)18/h2-5,11,14,16H,6-10H2,1H3/t11-,14-/m1/s1. The van der Waals surface area contributed by atoms with Crippen molar-refractivity contribution in [2.45, 2.75) is 32.0 Å². The van der Waals surface area contributed by atoms with Gasteiger partial charge in [0.05, 0.1) is 12.6 Å². The van der Waals surface area contributed by atoms with E-state index in [2.05, 4.69) is 24.4 Å². The average Bonchev–Trinajstić information content (AvgIpc) is 3.06. The molecule has 1 amide bonds. The van der Waals surface area contributed by atoms with Gasteiger partial charge in [-0.15, -0.1) is 0 Å². The van der Waals surface area contributed by atoms with Crippen molar-refractivity contribution in [1.29, 1.82) is 0 Å². The number of ether oxygens (including phenoxy) is 2. The molecule has 0 aromatic heterocycles. The number of carbonyl (C=O) groups excluding carboxylic acids is 1. The number of benzene rings is 1. The molecule has 1 N–H and O–H groups in total. The normalized spacial score (nSPS) is 26.1. The third kappa shape index (κ3) is 2.78. The molecule has 0 spiro atoms. The number of hydrogen-bond donors (Lipinski definition) is 1. The van der Waals surface area contributed by atoms with Crippen molar-refractivity contribution in [3.8, 4) is 0 Å². The summed E-state index contributed by atoms with van der Waals surface area (Å²) < 4.78 is 10.5. The first-order valence-electron chi connectivity index (χ1n) is 7.12. The van der Waals surface area contributed by atoms with Gasteiger partial charge in [0, 0.05) is 24.9 Å². The molecule has 2 aliphatic heterocycles. The van der Waals surface area contributed by atoms with Crippen molar-refractivity contribution < 1.29 is 14.3 Å². The van der Waals surface area contributed by atoms with Crippen LogP contribution in [-0.2, 0) is 16.0 Å². The predicted octanol–water partition coefficient (Wildman–Crippen LogP) is 1.91. The van der Waals surface area contributed by atoms with Crippen LogP contribution in [0.25, 0.3) is 0 Å². The summed E-state index contributed by atoms with van der Waals surface area (Å²) in [6.45, 7) is 4.87. The van der Waals surface area contributed by atoms with Crippen LogP contribution in [-0.4, -0.2) is 38.0 Å². The monoisotopic (exact) mass is 276 g/mol. The fourth-order valence-corrected chi connectivity index (χ4v) is 2.67. The Balaban J connectivity index is 1.57. The Morgan fingerprint density at radius 1 is 1.30 bits per heavy atom. The van der Waals surface area contributed by atoms with Crippen LogP contribution in [0.2, 0.25) is 0 Å². The quantitative estimate of drug-likeness (QED) is 0.912. The molecule has 2 fully saturated rings. The topological polar surface area (TPSA) is 50.8 Å². The van der Waals surface area contributed by atoms with Crippen molar-refractivity contribution in [2.75, 3.05) is 24.7 Å². The van der Waals surface area contributed by atoms with Crippen LogP contribution in [0.5, 0.6) is 0 Å². The Labute approximate surface area is 118 Å². The highest BCUT2D eigenvalue weighted by Crippen LogP contribution is 2.19. The largest absolute Gasteiger partial charge is 0.447 e. The molecule has 2 saturated heterocycles. The molecular formula is C15H20N2O3. The average molecular weight is 276 g/mol. The second kappa shape index (κ2) is 5.81. The second-order valence-corrected chi connectivity index (χ2v) is 5.28. The van der Waals surface area contributed by atoms with Crippen LogP contribution in [0.4, 0.5) is 10.5 Å². The van der Waals surface area contributed by atoms with E-state index in [1.54, 1.807) is 4.90 Å². The Kier molecular flexibility index (Phi) is 3.89. The third-order valence-corrected chi connectivity index (χ3v) is 3.95. The highest BCUT2D eigenvalue weighted by molar-refractivity contribution is 5.89. The van der Waals surface area contributed by atoms with Crippen molar-refractivity contribution >= 4 is 11.8 Å². The van der Waals surface area contributed by atoms with E-state index in [-0.39, 0.29) is 12.2 Å². The van der Waals surface area contributed by atoms with E-state index in [1.165, 1.54) is 5.56 Å². The van der Waals surface area contributed by atoms with Gasteiger partial charge < -0.3 is 14.8 Å². The van der Waals surface area contributed by atoms with Gasteiger partial charge in [-0.05, 0) is 31.0 Å². The Morgan fingerprint density at radius 3 is 2.70 bits per heavy atom. The lowest BCUT2D eigenvalue weighted by molar-refractivity contribution is 0.113. The van der Waals surface area contributed by atoms with Crippen molar-refractivity contribution in [1.82, 2.24) is 5.32 Å². The number of nitrogens with zero attached hydrogens (tertiary/aromatic N) is 1. The molecular weight excluding hydrogens is 256 g/mol. The molecule has 5 heteroatoms. The van der Waals surface area contributed by atoms with Crippen LogP contribution >= 0.6 is 0 Å². The maximum Gasteiger partial charge on any atom is 0.414 e. The van der Waals surface area contributed by atoms with Crippen LogP contribution in [0, 0.1) is 0 Å². The van der Waals surface area contributed by atoms with Gasteiger partial charge in [0.1, 0.15) is 6.61 Å². The number of amides is 1. The second-order valence-electron chi connectivity index (χ2n) is 5.28. The number of cyclic esters (lactones) is 1. The van der Waals surface area contributed by atoms with E-state index in [1.807, 2.05) is 12.1 Å². The zero-order chi connectivity index (χ0) is 13.9. The molecule has 0 aliphatic carbocycles. The minimum atomic E-state index is -0.257. The van der Waals surface area contributed by atoms with Crippen LogP contribution in [0.15, 0.2) is 24.3 Å². The smallest absolute Gasteiger partial charge is 0.414 e. The lowest BCUT2D eigenvalue weighted by atomic mass is 10.1. The molecule has 108 valence electrons. The fraction of sp³-hybridized carbons (Fsp3) is 0.533. The van der Waals surface area contributed by atoms with Gasteiger partial charge in [-0.3, -0.25) is 4.90 Å². The number of nitrogens with one attached hydrogen (secondary N) is 1. The number of anilines is 1. The first kappa shape index (κ1) is 13.4. The summed E-state index contributed by atoms with van der Waals surface area (Å²) in [5.41, 5.74) is 2.11. The SMILES string of the molecule is C[C@H]1OCC[C@H]1NCc1ccc(N2CCOC2=O)cc1. The van der Waals surface area contributed by atoms with E-state index >= 15 is 0 Å². The molecule has 0 saturated carbocycles. The van der Waals surface area contributed by atoms with Gasteiger partial charge in [0.25, 0.3) is 0 Å². The van der Waals surface area contributed by atoms with E-state index in [9.17, 15) is 4.79 Å². The highest BCUT2D eigenvalue weighted by atomic mass is 16.6. The number of hydrogen-bond acceptors (Lipinski definition) is 4. The summed E-state index contributed by atoms with van der Waals surface area (Å²) >= 11 is 0. The molecule has 0 radical (unpaired) electrons. The van der Waals surface area contributed by atoms with Crippen LogP contribution in [0.3, 0.4) is 0 Å². The van der Waals surface area contributed by atoms with Crippen molar-refractivity contribution in [3.63, 3.8) is 0 Å². The first-order chi connectivity index (χ1) is 9.74. The van der Waals surface area contributed by atoms with Gasteiger partial charge in [-0.25, -0.2) is 4.79 Å². The first-order valence-corrected chi connectivity index (χ1v) is 7.12. The number of rotatable bonds is 4. The predicted molar refractivity (Wildman–Crippen MR) is 75.8 cm³/mol. The van der Waals surface area contributed by atoms with Gasteiger partial charge in [-0.2, -0.15) is 0 Å². The zero-order valence-corrected chi connectivity index (χ0v) is 11.7. The zero-order valence-electron chi connectivity index (χ0n) is 11.7. The summed E-state index contributed by atoms with van der Waals surface area (Å²) in [6.07, 6.45) is 1.10. The molecule has 1 aromatic rings. The summed E-state index contributed by atoms with van der Waals surface area (Å²) in [5.74, 6) is 0. The fourth-order valence-electron chi connectivity index (χ4n) is 2.67. The Bertz CT molecular complexity index is 475. The molecule has 2 heterocycles. The summed E-state index contributed by atoms with van der Waals surface area (Å²) in [6, 6.07) is 8.47. The molecule has 0 unspecified atom stereocenters. The van der Waals surface area contributed by atoms with Gasteiger partial charge in [0.15, 0.2) is 0 Å². The third-order valence-electron chi connectivity index (χ3n) is 3.95. The van der Waals surface area contributed by atoms with E-state index < -0.39 is 0 Å². The van der Waals surface area contributed by atoms with E-state index in [4.69, 9.17) is 9.47 Å². The Morgan fingerprint density at radius 2 is 2.10 bits per heavy atom. The molecule has 5 nitrogen and oxygen atoms in total. The van der Waals surface area contributed by atoms with Crippen LogP contribution in [0.1, 0.15) is 18.9 Å². The van der Waals surface area contributed by atoms with E-state index in [0.717, 1.165) is 25.3 Å². The molecule has 2 aliphatic rings. The number of carbonyl (C=O) groups is 1. The van der Waals surface area contributed by atoms with Crippen LogP contribution < -0.4 is 10.2 Å². The van der Waals surface area contributed by atoms with Gasteiger partial charge in [0.2, 0.25) is 0 Å². The summed E-state index contributed by atoms with van der Waals surface area (Å²) in [7, 11) is 0. The van der Waals surface area contributed by atoms with E-state index in [0.29, 0.717) is 19.2 Å². The summed E-state index contributed by atoms with van der Waals surface area (Å²) in [5, 5.41) is 3.52. The maximum absolute atomic E-state index is 11.5. The van der Waals surface area contributed by atoms with Gasteiger partial charge >= 0.3 is 6.09 Å². The molecule has 2 atom stereocenters. The lowest BCUT2D eigenvalue weighted by Crippen LogP contribution is -2.34.